The summed E-state index contributed by atoms with van der Waals surface area (Å²) in [4.78, 5) is 0. The molecule has 3 nitrogen and oxygen atoms in total. The van der Waals surface area contributed by atoms with E-state index >= 15 is 0 Å². The van der Waals surface area contributed by atoms with Crippen molar-refractivity contribution in [1.29, 1.82) is 0 Å². The highest BCUT2D eigenvalue weighted by Crippen LogP contribution is 2.25. The normalized spacial score (nSPS) is 11.2. The molecular weight excluding hydrogens is 281 g/mol. The molecule has 2 aromatic rings. The lowest BCUT2D eigenvalue weighted by molar-refractivity contribution is 0.570. The average molecular weight is 298 g/mol. The largest absolute Gasteiger partial charge is 0.309 e. The van der Waals surface area contributed by atoms with Crippen LogP contribution in [0.15, 0.2) is 30.5 Å². The van der Waals surface area contributed by atoms with Gasteiger partial charge in [-0.2, -0.15) is 5.10 Å². The third kappa shape index (κ3) is 3.96. The van der Waals surface area contributed by atoms with Crippen molar-refractivity contribution in [2.45, 2.75) is 33.0 Å². The number of nitrogens with zero attached hydrogens (tertiary/aromatic N) is 2. The van der Waals surface area contributed by atoms with Gasteiger partial charge >= 0.3 is 0 Å². The molecule has 0 fully saturated rings. The van der Waals surface area contributed by atoms with Crippen molar-refractivity contribution in [2.24, 2.45) is 0 Å². The SMILES string of the molecule is CC(C)NCc1ccn(Cc2cccc(Cl)c2Cl)n1. The summed E-state index contributed by atoms with van der Waals surface area (Å²) in [6.45, 7) is 5.63. The van der Waals surface area contributed by atoms with Gasteiger partial charge in [-0.3, -0.25) is 4.68 Å². The molecule has 0 bridgehead atoms. The Labute approximate surface area is 123 Å². The summed E-state index contributed by atoms with van der Waals surface area (Å²) in [6.07, 6.45) is 1.95. The van der Waals surface area contributed by atoms with E-state index in [1.807, 2.05) is 29.1 Å². The van der Waals surface area contributed by atoms with Crippen molar-refractivity contribution < 1.29 is 0 Å². The molecule has 19 heavy (non-hydrogen) atoms. The van der Waals surface area contributed by atoms with Crippen molar-refractivity contribution in [3.8, 4) is 0 Å². The maximum absolute atomic E-state index is 6.17. The summed E-state index contributed by atoms with van der Waals surface area (Å²) in [7, 11) is 0. The first kappa shape index (κ1) is 14.4. The molecule has 0 radical (unpaired) electrons. The van der Waals surface area contributed by atoms with Gasteiger partial charge in [0.25, 0.3) is 0 Å². The lowest BCUT2D eigenvalue weighted by Gasteiger charge is -2.07. The van der Waals surface area contributed by atoms with Crippen molar-refractivity contribution >= 4 is 23.2 Å². The standard InChI is InChI=1S/C14H17Cl2N3/c1-10(2)17-8-12-6-7-19(18-12)9-11-4-3-5-13(15)14(11)16/h3-7,10,17H,8-9H2,1-2H3. The summed E-state index contributed by atoms with van der Waals surface area (Å²) in [5.74, 6) is 0. The molecule has 1 N–H and O–H groups in total. The van der Waals surface area contributed by atoms with E-state index in [9.17, 15) is 0 Å². The van der Waals surface area contributed by atoms with Gasteiger partial charge in [-0.25, -0.2) is 0 Å². The highest BCUT2D eigenvalue weighted by Gasteiger charge is 2.06. The van der Waals surface area contributed by atoms with Gasteiger partial charge in [-0.15, -0.1) is 0 Å². The molecule has 0 unspecified atom stereocenters. The minimum atomic E-state index is 0.451. The van der Waals surface area contributed by atoms with Crippen molar-refractivity contribution in [1.82, 2.24) is 15.1 Å². The van der Waals surface area contributed by atoms with Gasteiger partial charge in [0.15, 0.2) is 0 Å². The van der Waals surface area contributed by atoms with Crippen LogP contribution in [0.3, 0.4) is 0 Å². The van der Waals surface area contributed by atoms with Crippen LogP contribution in [0.1, 0.15) is 25.1 Å². The van der Waals surface area contributed by atoms with E-state index in [2.05, 4.69) is 24.3 Å². The Morgan fingerprint density at radius 1 is 1.26 bits per heavy atom. The molecule has 0 saturated heterocycles. The van der Waals surface area contributed by atoms with Gasteiger partial charge < -0.3 is 5.32 Å². The van der Waals surface area contributed by atoms with E-state index in [0.717, 1.165) is 17.8 Å². The zero-order valence-electron chi connectivity index (χ0n) is 11.0. The molecule has 0 atom stereocenters. The molecule has 0 saturated carbocycles. The van der Waals surface area contributed by atoms with E-state index in [4.69, 9.17) is 23.2 Å². The maximum Gasteiger partial charge on any atom is 0.0762 e. The fourth-order valence-electron chi connectivity index (χ4n) is 1.74. The zero-order valence-corrected chi connectivity index (χ0v) is 12.5. The van der Waals surface area contributed by atoms with E-state index in [-0.39, 0.29) is 0 Å². The Balaban J connectivity index is 2.05. The minimum Gasteiger partial charge on any atom is -0.309 e. The van der Waals surface area contributed by atoms with E-state index < -0.39 is 0 Å². The second-order valence-electron chi connectivity index (χ2n) is 4.75. The van der Waals surface area contributed by atoms with Crippen molar-refractivity contribution in [2.75, 3.05) is 0 Å². The van der Waals surface area contributed by atoms with Gasteiger partial charge in [0, 0.05) is 18.8 Å². The second kappa shape index (κ2) is 6.42. The van der Waals surface area contributed by atoms with E-state index in [1.165, 1.54) is 0 Å². The van der Waals surface area contributed by atoms with Crippen molar-refractivity contribution in [3.63, 3.8) is 0 Å². The average Bonchev–Trinajstić information content (AvgIpc) is 2.80. The molecule has 0 aliphatic rings. The molecule has 1 heterocycles. The third-order valence-electron chi connectivity index (χ3n) is 2.75. The van der Waals surface area contributed by atoms with Crippen LogP contribution in [0.25, 0.3) is 0 Å². The maximum atomic E-state index is 6.17. The predicted octanol–water partition coefficient (Wildman–Crippen LogP) is 3.74. The monoisotopic (exact) mass is 297 g/mol. The number of halogens is 2. The van der Waals surface area contributed by atoms with E-state index in [0.29, 0.717) is 22.6 Å². The summed E-state index contributed by atoms with van der Waals surface area (Å²) >= 11 is 12.2. The van der Waals surface area contributed by atoms with Crippen LogP contribution in [0.5, 0.6) is 0 Å². The molecular formula is C14H17Cl2N3. The Morgan fingerprint density at radius 2 is 2.05 bits per heavy atom. The highest BCUT2D eigenvalue weighted by molar-refractivity contribution is 6.42. The number of benzene rings is 1. The number of hydrogen-bond acceptors (Lipinski definition) is 2. The molecule has 0 spiro atoms. The zero-order chi connectivity index (χ0) is 13.8. The third-order valence-corrected chi connectivity index (χ3v) is 3.61. The number of aromatic nitrogens is 2. The van der Waals surface area contributed by atoms with Gasteiger partial charge in [-0.1, -0.05) is 49.2 Å². The number of hydrogen-bond donors (Lipinski definition) is 1. The molecule has 1 aromatic heterocycles. The molecule has 0 aliphatic heterocycles. The smallest absolute Gasteiger partial charge is 0.0762 e. The quantitative estimate of drug-likeness (QED) is 0.911. The summed E-state index contributed by atoms with van der Waals surface area (Å²) < 4.78 is 1.87. The summed E-state index contributed by atoms with van der Waals surface area (Å²) in [5.41, 5.74) is 1.99. The van der Waals surface area contributed by atoms with Crippen LogP contribution >= 0.6 is 23.2 Å². The molecule has 0 aliphatic carbocycles. The Kier molecular flexibility index (Phi) is 4.86. The van der Waals surface area contributed by atoms with Gasteiger partial charge in [-0.05, 0) is 17.7 Å². The number of nitrogens with one attached hydrogen (secondary N) is 1. The Hall–Kier alpha value is -1.03. The lowest BCUT2D eigenvalue weighted by atomic mass is 10.2. The molecule has 1 aromatic carbocycles. The van der Waals surface area contributed by atoms with Crippen LogP contribution in [0.4, 0.5) is 0 Å². The number of rotatable bonds is 5. The van der Waals surface area contributed by atoms with Crippen LogP contribution in [-0.2, 0) is 13.1 Å². The fourth-order valence-corrected chi connectivity index (χ4v) is 2.12. The van der Waals surface area contributed by atoms with Crippen LogP contribution in [0, 0.1) is 0 Å². The summed E-state index contributed by atoms with van der Waals surface area (Å²) in [6, 6.07) is 8.10. The minimum absolute atomic E-state index is 0.451. The Morgan fingerprint density at radius 3 is 2.79 bits per heavy atom. The summed E-state index contributed by atoms with van der Waals surface area (Å²) in [5, 5.41) is 9.01. The first-order valence-electron chi connectivity index (χ1n) is 6.25. The molecule has 0 amide bonds. The van der Waals surface area contributed by atoms with E-state index in [1.54, 1.807) is 6.07 Å². The molecule has 102 valence electrons. The first-order valence-corrected chi connectivity index (χ1v) is 7.00. The first-order chi connectivity index (χ1) is 9.06. The molecule has 5 heteroatoms. The highest BCUT2D eigenvalue weighted by atomic mass is 35.5. The van der Waals surface area contributed by atoms with Crippen LogP contribution in [0.2, 0.25) is 10.0 Å². The topological polar surface area (TPSA) is 29.9 Å². The van der Waals surface area contributed by atoms with Gasteiger partial charge in [0.05, 0.1) is 22.3 Å². The van der Waals surface area contributed by atoms with Gasteiger partial charge in [0.2, 0.25) is 0 Å². The van der Waals surface area contributed by atoms with Crippen molar-refractivity contribution in [3.05, 3.63) is 51.8 Å². The van der Waals surface area contributed by atoms with Crippen LogP contribution in [-0.4, -0.2) is 15.8 Å². The lowest BCUT2D eigenvalue weighted by Crippen LogP contribution is -2.22. The predicted molar refractivity (Wildman–Crippen MR) is 79.8 cm³/mol. The second-order valence-corrected chi connectivity index (χ2v) is 5.54. The molecule has 2 rings (SSSR count). The fraction of sp³-hybridized carbons (Fsp3) is 0.357. The van der Waals surface area contributed by atoms with Gasteiger partial charge in [0.1, 0.15) is 0 Å². The Bertz CT molecular complexity index is 549. The van der Waals surface area contributed by atoms with Crippen LogP contribution < -0.4 is 5.32 Å².